The van der Waals surface area contributed by atoms with Crippen molar-refractivity contribution in [2.45, 2.75) is 32.6 Å². The van der Waals surface area contributed by atoms with E-state index in [1.807, 2.05) is 6.92 Å². The molecule has 1 N–H and O–H groups in total. The lowest BCUT2D eigenvalue weighted by atomic mass is 10.0. The Morgan fingerprint density at radius 3 is 2.80 bits per heavy atom. The molecule has 20 heavy (non-hydrogen) atoms. The molecule has 0 fully saturated rings. The zero-order valence-electron chi connectivity index (χ0n) is 11.2. The van der Waals surface area contributed by atoms with Gasteiger partial charge < -0.3 is 5.11 Å². The topological polar surface area (TPSA) is 55.1 Å². The fourth-order valence-electron chi connectivity index (χ4n) is 2.82. The number of rotatable bonds is 2. The monoisotopic (exact) mass is 290 g/mol. The molecule has 0 bridgehead atoms. The minimum Gasteiger partial charge on any atom is -0.478 e. The van der Waals surface area contributed by atoms with Gasteiger partial charge in [0.05, 0.1) is 22.0 Å². The first kappa shape index (κ1) is 13.2. The molecule has 5 heteroatoms. The second-order valence-electron chi connectivity index (χ2n) is 5.07. The molecule has 104 valence electrons. The van der Waals surface area contributed by atoms with E-state index in [4.69, 9.17) is 16.7 Å². The van der Waals surface area contributed by atoms with E-state index in [0.717, 1.165) is 36.5 Å². The van der Waals surface area contributed by atoms with Crippen LogP contribution in [-0.4, -0.2) is 20.6 Å². The summed E-state index contributed by atoms with van der Waals surface area (Å²) >= 11 is 6.27. The fourth-order valence-corrected chi connectivity index (χ4v) is 3.08. The number of aromatic carboxylic acids is 1. The number of aromatic nitrogens is 2. The maximum absolute atomic E-state index is 11.0. The molecule has 0 radical (unpaired) electrons. The number of halogens is 1. The molecule has 2 aromatic rings. The lowest BCUT2D eigenvalue weighted by Gasteiger charge is -2.16. The number of fused-ring (bicyclic) bond motifs is 1. The molecule has 1 aromatic carbocycles. The molecule has 0 unspecified atom stereocenters. The third-order valence-corrected chi connectivity index (χ3v) is 4.04. The maximum Gasteiger partial charge on any atom is 0.335 e. The van der Waals surface area contributed by atoms with Crippen molar-refractivity contribution in [2.75, 3.05) is 0 Å². The minimum absolute atomic E-state index is 0.199. The summed E-state index contributed by atoms with van der Waals surface area (Å²) in [6, 6.07) is 4.83. The van der Waals surface area contributed by atoms with Crippen molar-refractivity contribution in [1.29, 1.82) is 0 Å². The summed E-state index contributed by atoms with van der Waals surface area (Å²) in [4.78, 5) is 15.6. The summed E-state index contributed by atoms with van der Waals surface area (Å²) in [7, 11) is 0. The molecule has 3 rings (SSSR count). The third kappa shape index (κ3) is 2.10. The van der Waals surface area contributed by atoms with Gasteiger partial charge in [0.25, 0.3) is 0 Å². The molecule has 0 amide bonds. The first-order valence-electron chi connectivity index (χ1n) is 6.68. The summed E-state index contributed by atoms with van der Waals surface area (Å²) < 4.78 is 2.06. The number of hydrogen-bond acceptors (Lipinski definition) is 2. The Labute approximate surface area is 122 Å². The average Bonchev–Trinajstić information content (AvgIpc) is 2.74. The average molecular weight is 291 g/mol. The van der Waals surface area contributed by atoms with Crippen LogP contribution in [-0.2, 0) is 12.8 Å². The summed E-state index contributed by atoms with van der Waals surface area (Å²) in [5.74, 6) is -0.0651. The van der Waals surface area contributed by atoms with Crippen LogP contribution in [0.5, 0.6) is 0 Å². The van der Waals surface area contributed by atoms with Gasteiger partial charge in [0.2, 0.25) is 0 Å². The van der Waals surface area contributed by atoms with Crippen molar-refractivity contribution < 1.29 is 9.90 Å². The van der Waals surface area contributed by atoms with E-state index < -0.39 is 5.97 Å². The van der Waals surface area contributed by atoms with Crippen LogP contribution in [0.2, 0.25) is 5.02 Å². The van der Waals surface area contributed by atoms with Crippen LogP contribution >= 0.6 is 11.6 Å². The van der Waals surface area contributed by atoms with Crippen LogP contribution in [0.4, 0.5) is 0 Å². The highest BCUT2D eigenvalue weighted by atomic mass is 35.5. The Kier molecular flexibility index (Phi) is 3.26. The molecule has 1 aliphatic carbocycles. The van der Waals surface area contributed by atoms with Gasteiger partial charge in [-0.1, -0.05) is 11.6 Å². The van der Waals surface area contributed by atoms with Crippen LogP contribution in [0.15, 0.2) is 18.2 Å². The van der Waals surface area contributed by atoms with Crippen LogP contribution in [0.3, 0.4) is 0 Å². The number of hydrogen-bond donors (Lipinski definition) is 1. The summed E-state index contributed by atoms with van der Waals surface area (Å²) in [5, 5.41) is 9.44. The van der Waals surface area contributed by atoms with Crippen LogP contribution in [0.25, 0.3) is 5.69 Å². The Morgan fingerprint density at radius 2 is 2.10 bits per heavy atom. The fraction of sp³-hybridized carbons (Fsp3) is 0.333. The predicted molar refractivity (Wildman–Crippen MR) is 76.9 cm³/mol. The highest BCUT2D eigenvalue weighted by molar-refractivity contribution is 6.32. The Balaban J connectivity index is 2.14. The van der Waals surface area contributed by atoms with Crippen molar-refractivity contribution in [3.8, 4) is 5.69 Å². The first-order valence-corrected chi connectivity index (χ1v) is 7.06. The second kappa shape index (κ2) is 4.94. The summed E-state index contributed by atoms with van der Waals surface area (Å²) in [6.45, 7) is 1.96. The number of aryl methyl sites for hydroxylation is 2. The number of benzene rings is 1. The van der Waals surface area contributed by atoms with Crippen molar-refractivity contribution >= 4 is 17.6 Å². The van der Waals surface area contributed by atoms with Gasteiger partial charge in [0.15, 0.2) is 0 Å². The molecular formula is C15H15ClN2O2. The highest BCUT2D eigenvalue weighted by Crippen LogP contribution is 2.29. The molecule has 0 spiro atoms. The predicted octanol–water partition coefficient (Wildman–Crippen LogP) is 3.41. The Bertz CT molecular complexity index is 691. The molecule has 0 saturated carbocycles. The molecule has 1 aliphatic rings. The van der Waals surface area contributed by atoms with Crippen molar-refractivity contribution in [1.82, 2.24) is 9.55 Å². The van der Waals surface area contributed by atoms with Gasteiger partial charge in [0.1, 0.15) is 5.82 Å². The van der Waals surface area contributed by atoms with E-state index in [9.17, 15) is 4.79 Å². The largest absolute Gasteiger partial charge is 0.478 e. The van der Waals surface area contributed by atoms with E-state index in [1.54, 1.807) is 12.1 Å². The maximum atomic E-state index is 11.0. The molecule has 1 aromatic heterocycles. The smallest absolute Gasteiger partial charge is 0.335 e. The highest BCUT2D eigenvalue weighted by Gasteiger charge is 2.20. The summed E-state index contributed by atoms with van der Waals surface area (Å²) in [5.41, 5.74) is 3.36. The molecule has 0 saturated heterocycles. The van der Waals surface area contributed by atoms with Gasteiger partial charge >= 0.3 is 5.97 Å². The van der Waals surface area contributed by atoms with Gasteiger partial charge in [-0.15, -0.1) is 0 Å². The quantitative estimate of drug-likeness (QED) is 0.922. The summed E-state index contributed by atoms with van der Waals surface area (Å²) in [6.07, 6.45) is 4.33. The zero-order valence-corrected chi connectivity index (χ0v) is 11.9. The lowest BCUT2D eigenvalue weighted by Crippen LogP contribution is -2.08. The standard InChI is InChI=1S/C15H15ClN2O2/c1-9-17-12-4-2-3-5-14(12)18(9)13-7-6-10(15(19)20)8-11(13)16/h6-8H,2-5H2,1H3,(H,19,20). The molecule has 0 aliphatic heterocycles. The van der Waals surface area contributed by atoms with E-state index in [1.165, 1.54) is 18.2 Å². The van der Waals surface area contributed by atoms with Gasteiger partial charge in [0, 0.05) is 5.69 Å². The third-order valence-electron chi connectivity index (χ3n) is 3.74. The number of imidazole rings is 1. The van der Waals surface area contributed by atoms with E-state index >= 15 is 0 Å². The van der Waals surface area contributed by atoms with Crippen molar-refractivity contribution in [2.24, 2.45) is 0 Å². The second-order valence-corrected chi connectivity index (χ2v) is 5.47. The normalized spacial score (nSPS) is 14.1. The van der Waals surface area contributed by atoms with E-state index in [-0.39, 0.29) is 5.56 Å². The van der Waals surface area contributed by atoms with Crippen LogP contribution in [0.1, 0.15) is 40.4 Å². The van der Waals surface area contributed by atoms with Gasteiger partial charge in [-0.25, -0.2) is 9.78 Å². The SMILES string of the molecule is Cc1nc2c(n1-c1ccc(C(=O)O)cc1Cl)CCCC2. The minimum atomic E-state index is -0.970. The molecule has 4 nitrogen and oxygen atoms in total. The molecule has 0 atom stereocenters. The van der Waals surface area contributed by atoms with Gasteiger partial charge in [-0.2, -0.15) is 0 Å². The molecule has 1 heterocycles. The number of carboxylic acid groups (broad SMARTS) is 1. The van der Waals surface area contributed by atoms with Crippen LogP contribution in [0, 0.1) is 6.92 Å². The van der Waals surface area contributed by atoms with Crippen molar-refractivity contribution in [3.63, 3.8) is 0 Å². The van der Waals surface area contributed by atoms with Gasteiger partial charge in [-0.3, -0.25) is 4.57 Å². The molecular weight excluding hydrogens is 276 g/mol. The Morgan fingerprint density at radius 1 is 1.35 bits per heavy atom. The number of carboxylic acids is 1. The van der Waals surface area contributed by atoms with E-state index in [2.05, 4.69) is 9.55 Å². The van der Waals surface area contributed by atoms with Gasteiger partial charge in [-0.05, 0) is 50.8 Å². The number of nitrogens with zero attached hydrogens (tertiary/aromatic N) is 2. The van der Waals surface area contributed by atoms with Crippen LogP contribution < -0.4 is 0 Å². The first-order chi connectivity index (χ1) is 9.58. The zero-order chi connectivity index (χ0) is 14.3. The van der Waals surface area contributed by atoms with Crippen molar-refractivity contribution in [3.05, 3.63) is 46.0 Å². The number of carbonyl (C=O) groups is 1. The Hall–Kier alpha value is -1.81. The van der Waals surface area contributed by atoms with E-state index in [0.29, 0.717) is 5.02 Å². The lowest BCUT2D eigenvalue weighted by molar-refractivity contribution is 0.0697.